The van der Waals surface area contributed by atoms with Gasteiger partial charge in [-0.1, -0.05) is 0 Å². The lowest BCUT2D eigenvalue weighted by atomic mass is 10.2. The molecule has 1 N–H and O–H groups in total. The molecule has 6 nitrogen and oxygen atoms in total. The second-order valence-electron chi connectivity index (χ2n) is 3.55. The minimum Gasteiger partial charge on any atom is -0.491 e. The second kappa shape index (κ2) is 7.50. The molecule has 6 heteroatoms. The van der Waals surface area contributed by atoms with Crippen LogP contribution in [0.2, 0.25) is 0 Å². The zero-order valence-electron chi connectivity index (χ0n) is 10.6. The van der Waals surface area contributed by atoms with Crippen LogP contribution in [0.1, 0.15) is 13.8 Å². The number of nitro benzene ring substituents is 1. The number of benzene rings is 1. The van der Waals surface area contributed by atoms with Crippen LogP contribution >= 0.6 is 0 Å². The lowest BCUT2D eigenvalue weighted by Gasteiger charge is -2.09. The highest BCUT2D eigenvalue weighted by Crippen LogP contribution is 2.25. The SMILES string of the molecule is CCNc1cc(OCCOCC)cc([N+](=O)[O-])c1. The molecule has 1 rings (SSSR count). The van der Waals surface area contributed by atoms with E-state index in [1.54, 1.807) is 6.07 Å². The molecule has 0 aliphatic carbocycles. The molecule has 0 bridgehead atoms. The molecule has 1 aromatic rings. The highest BCUT2D eigenvalue weighted by molar-refractivity contribution is 5.56. The molecule has 1 aromatic carbocycles. The Morgan fingerprint density at radius 2 is 2.06 bits per heavy atom. The van der Waals surface area contributed by atoms with Gasteiger partial charge in [-0.25, -0.2) is 0 Å². The Balaban J connectivity index is 2.72. The second-order valence-corrected chi connectivity index (χ2v) is 3.55. The van der Waals surface area contributed by atoms with Gasteiger partial charge in [0.1, 0.15) is 12.4 Å². The highest BCUT2D eigenvalue weighted by atomic mass is 16.6. The Hall–Kier alpha value is -1.82. The summed E-state index contributed by atoms with van der Waals surface area (Å²) in [5, 5.41) is 13.8. The van der Waals surface area contributed by atoms with Crippen LogP contribution in [0.15, 0.2) is 18.2 Å². The number of nitro groups is 1. The predicted molar refractivity (Wildman–Crippen MR) is 69.2 cm³/mol. The van der Waals surface area contributed by atoms with E-state index in [1.807, 2.05) is 13.8 Å². The summed E-state index contributed by atoms with van der Waals surface area (Å²) < 4.78 is 10.6. The minimum atomic E-state index is -0.434. The van der Waals surface area contributed by atoms with Crippen LogP contribution < -0.4 is 10.1 Å². The molecule has 100 valence electrons. The number of non-ortho nitro benzene ring substituents is 1. The summed E-state index contributed by atoms with van der Waals surface area (Å²) in [6.45, 7) is 5.99. The van der Waals surface area contributed by atoms with Gasteiger partial charge in [0.25, 0.3) is 5.69 Å². The summed E-state index contributed by atoms with van der Waals surface area (Å²) in [7, 11) is 0. The van der Waals surface area contributed by atoms with Crippen LogP contribution in [0.5, 0.6) is 5.75 Å². The quantitative estimate of drug-likeness (QED) is 0.438. The zero-order valence-corrected chi connectivity index (χ0v) is 10.6. The van der Waals surface area contributed by atoms with E-state index >= 15 is 0 Å². The summed E-state index contributed by atoms with van der Waals surface area (Å²) >= 11 is 0. The van der Waals surface area contributed by atoms with Gasteiger partial charge in [0.05, 0.1) is 17.6 Å². The van der Waals surface area contributed by atoms with Crippen LogP contribution in [-0.4, -0.2) is 31.3 Å². The van der Waals surface area contributed by atoms with Crippen molar-refractivity contribution in [3.05, 3.63) is 28.3 Å². The van der Waals surface area contributed by atoms with Crippen LogP contribution in [0.4, 0.5) is 11.4 Å². The van der Waals surface area contributed by atoms with Crippen molar-refractivity contribution in [2.75, 3.05) is 31.7 Å². The van der Waals surface area contributed by atoms with Crippen LogP contribution in [0.3, 0.4) is 0 Å². The average molecular weight is 254 g/mol. The predicted octanol–water partition coefficient (Wildman–Crippen LogP) is 2.44. The molecule has 0 atom stereocenters. The number of nitrogens with one attached hydrogen (secondary N) is 1. The normalized spacial score (nSPS) is 10.1. The standard InChI is InChI=1S/C12H18N2O4/c1-3-13-10-7-11(14(15)16)9-12(8-10)18-6-5-17-4-2/h7-9,13H,3-6H2,1-2H3. The van der Waals surface area contributed by atoms with Crippen molar-refractivity contribution in [3.63, 3.8) is 0 Å². The van der Waals surface area contributed by atoms with Crippen LogP contribution in [0, 0.1) is 10.1 Å². The van der Waals surface area contributed by atoms with Crippen molar-refractivity contribution < 1.29 is 14.4 Å². The zero-order chi connectivity index (χ0) is 13.4. The first-order valence-electron chi connectivity index (χ1n) is 5.91. The van der Waals surface area contributed by atoms with Gasteiger partial charge in [0.15, 0.2) is 0 Å². The van der Waals surface area contributed by atoms with Crippen molar-refractivity contribution >= 4 is 11.4 Å². The van der Waals surface area contributed by atoms with Gasteiger partial charge in [-0.2, -0.15) is 0 Å². The first-order chi connectivity index (χ1) is 8.67. The van der Waals surface area contributed by atoms with Crippen molar-refractivity contribution in [2.24, 2.45) is 0 Å². The number of anilines is 1. The molecule has 18 heavy (non-hydrogen) atoms. The summed E-state index contributed by atoms with van der Waals surface area (Å²) in [6, 6.07) is 4.63. The van der Waals surface area contributed by atoms with Gasteiger partial charge in [0.2, 0.25) is 0 Å². The Kier molecular flexibility index (Phi) is 5.93. The van der Waals surface area contributed by atoms with Crippen molar-refractivity contribution in [1.82, 2.24) is 0 Å². The highest BCUT2D eigenvalue weighted by Gasteiger charge is 2.10. The third kappa shape index (κ3) is 4.58. The first-order valence-corrected chi connectivity index (χ1v) is 5.91. The Bertz CT molecular complexity index is 396. The number of nitrogens with zero attached hydrogens (tertiary/aromatic N) is 1. The molecule has 0 amide bonds. The molecule has 0 spiro atoms. The molecule has 0 aliphatic rings. The Labute approximate surface area is 106 Å². The maximum atomic E-state index is 10.8. The van der Waals surface area contributed by atoms with E-state index < -0.39 is 4.92 Å². The molecule has 0 saturated carbocycles. The van der Waals surface area contributed by atoms with Gasteiger partial charge in [0, 0.05) is 31.0 Å². The van der Waals surface area contributed by atoms with Gasteiger partial charge in [-0.15, -0.1) is 0 Å². The minimum absolute atomic E-state index is 0.0138. The van der Waals surface area contributed by atoms with E-state index in [4.69, 9.17) is 9.47 Å². The lowest BCUT2D eigenvalue weighted by molar-refractivity contribution is -0.384. The van der Waals surface area contributed by atoms with Crippen molar-refractivity contribution in [3.8, 4) is 5.75 Å². The van der Waals surface area contributed by atoms with E-state index in [0.29, 0.717) is 37.8 Å². The largest absolute Gasteiger partial charge is 0.491 e. The monoisotopic (exact) mass is 254 g/mol. The molecule has 0 heterocycles. The van der Waals surface area contributed by atoms with E-state index in [1.165, 1.54) is 12.1 Å². The summed E-state index contributed by atoms with van der Waals surface area (Å²) in [4.78, 5) is 10.3. The average Bonchev–Trinajstić information content (AvgIpc) is 2.35. The van der Waals surface area contributed by atoms with Crippen molar-refractivity contribution in [2.45, 2.75) is 13.8 Å². The van der Waals surface area contributed by atoms with Gasteiger partial charge in [-0.3, -0.25) is 10.1 Å². The fraction of sp³-hybridized carbons (Fsp3) is 0.500. The molecule has 0 unspecified atom stereocenters. The van der Waals surface area contributed by atoms with Gasteiger partial charge >= 0.3 is 0 Å². The van der Waals surface area contributed by atoms with E-state index in [0.717, 1.165) is 0 Å². The topological polar surface area (TPSA) is 73.6 Å². The third-order valence-electron chi connectivity index (χ3n) is 2.18. The molecular formula is C12H18N2O4. The van der Waals surface area contributed by atoms with Gasteiger partial charge < -0.3 is 14.8 Å². The van der Waals surface area contributed by atoms with E-state index in [9.17, 15) is 10.1 Å². The molecule has 0 fully saturated rings. The van der Waals surface area contributed by atoms with Crippen molar-refractivity contribution in [1.29, 1.82) is 0 Å². The Morgan fingerprint density at radius 1 is 1.28 bits per heavy atom. The van der Waals surface area contributed by atoms with E-state index in [-0.39, 0.29) is 5.69 Å². The summed E-state index contributed by atoms with van der Waals surface area (Å²) in [5.41, 5.74) is 0.693. The fourth-order valence-corrected chi connectivity index (χ4v) is 1.44. The molecule has 0 aliphatic heterocycles. The lowest BCUT2D eigenvalue weighted by Crippen LogP contribution is -2.07. The Morgan fingerprint density at radius 3 is 2.67 bits per heavy atom. The number of rotatable bonds is 8. The molecule has 0 saturated heterocycles. The number of ether oxygens (including phenoxy) is 2. The summed E-state index contributed by atoms with van der Waals surface area (Å²) in [6.07, 6.45) is 0. The smallest absolute Gasteiger partial charge is 0.275 e. The number of hydrogen-bond acceptors (Lipinski definition) is 5. The summed E-state index contributed by atoms with van der Waals surface area (Å²) in [5.74, 6) is 0.472. The molecule has 0 radical (unpaired) electrons. The van der Waals surface area contributed by atoms with Crippen LogP contribution in [0.25, 0.3) is 0 Å². The maximum Gasteiger partial charge on any atom is 0.275 e. The third-order valence-corrected chi connectivity index (χ3v) is 2.18. The fourth-order valence-electron chi connectivity index (χ4n) is 1.44. The molecular weight excluding hydrogens is 236 g/mol. The van der Waals surface area contributed by atoms with E-state index in [2.05, 4.69) is 5.32 Å². The molecule has 0 aromatic heterocycles. The van der Waals surface area contributed by atoms with Crippen LogP contribution in [-0.2, 0) is 4.74 Å². The van der Waals surface area contributed by atoms with Gasteiger partial charge in [-0.05, 0) is 13.8 Å². The number of hydrogen-bond donors (Lipinski definition) is 1. The first kappa shape index (κ1) is 14.2. The maximum absolute atomic E-state index is 10.8.